The van der Waals surface area contributed by atoms with Crippen molar-refractivity contribution in [3.63, 3.8) is 0 Å². The predicted molar refractivity (Wildman–Crippen MR) is 243 cm³/mol. The lowest BCUT2D eigenvalue weighted by atomic mass is 9.97. The Bertz CT molecular complexity index is 3290. The van der Waals surface area contributed by atoms with Crippen LogP contribution in [-0.2, 0) is 0 Å². The van der Waals surface area contributed by atoms with Gasteiger partial charge in [0.05, 0.1) is 0 Å². The van der Waals surface area contributed by atoms with Crippen molar-refractivity contribution in [3.05, 3.63) is 212 Å². The molecule has 4 heteroatoms. The number of hydrogen-bond acceptors (Lipinski definition) is 4. The van der Waals surface area contributed by atoms with Crippen LogP contribution < -0.4 is 0 Å². The van der Waals surface area contributed by atoms with Crippen LogP contribution in [0.4, 0.5) is 0 Å². The summed E-state index contributed by atoms with van der Waals surface area (Å²) in [4.78, 5) is 15.3. The van der Waals surface area contributed by atoms with E-state index in [1.165, 1.54) is 27.5 Å². The van der Waals surface area contributed by atoms with Crippen molar-refractivity contribution >= 4 is 32.7 Å². The van der Waals surface area contributed by atoms with Crippen molar-refractivity contribution in [1.82, 2.24) is 15.0 Å². The average Bonchev–Trinajstić information content (AvgIpc) is 3.70. The van der Waals surface area contributed by atoms with E-state index in [4.69, 9.17) is 19.4 Å². The van der Waals surface area contributed by atoms with Crippen LogP contribution in [0.15, 0.2) is 217 Å². The monoisotopic (exact) mass is 753 g/mol. The number of benzene rings is 9. The molecule has 0 atom stereocenters. The number of furan rings is 1. The summed E-state index contributed by atoms with van der Waals surface area (Å²) in [7, 11) is 0. The minimum atomic E-state index is 0.612. The second-order valence-corrected chi connectivity index (χ2v) is 14.8. The van der Waals surface area contributed by atoms with Crippen molar-refractivity contribution < 1.29 is 4.42 Å². The third kappa shape index (κ3) is 6.43. The lowest BCUT2D eigenvalue weighted by molar-refractivity contribution is 0.669. The van der Waals surface area contributed by atoms with Gasteiger partial charge in [-0.05, 0) is 79.5 Å². The quantitative estimate of drug-likeness (QED) is 0.163. The molecule has 0 saturated carbocycles. The number of fused-ring (bicyclic) bond motifs is 4. The van der Waals surface area contributed by atoms with Gasteiger partial charge in [0.15, 0.2) is 17.5 Å². The highest BCUT2D eigenvalue weighted by Crippen LogP contribution is 2.39. The van der Waals surface area contributed by atoms with Gasteiger partial charge in [-0.3, -0.25) is 0 Å². The Hall–Kier alpha value is -7.95. The first kappa shape index (κ1) is 34.3. The molecule has 0 saturated heterocycles. The summed E-state index contributed by atoms with van der Waals surface area (Å²) >= 11 is 0. The molecule has 11 rings (SSSR count). The summed E-state index contributed by atoms with van der Waals surface area (Å²) in [6.45, 7) is 0. The Morgan fingerprint density at radius 3 is 1.49 bits per heavy atom. The third-order valence-corrected chi connectivity index (χ3v) is 11.2. The molecule has 4 nitrogen and oxygen atoms in total. The molecule has 2 aromatic heterocycles. The highest BCUT2D eigenvalue weighted by Gasteiger charge is 2.16. The van der Waals surface area contributed by atoms with E-state index in [2.05, 4.69) is 194 Å². The van der Waals surface area contributed by atoms with Gasteiger partial charge in [0, 0.05) is 27.5 Å². The minimum Gasteiger partial charge on any atom is -0.456 e. The molecule has 9 aromatic carbocycles. The van der Waals surface area contributed by atoms with E-state index in [0.29, 0.717) is 17.5 Å². The van der Waals surface area contributed by atoms with E-state index in [-0.39, 0.29) is 0 Å². The van der Waals surface area contributed by atoms with Crippen LogP contribution in [0, 0.1) is 0 Å². The first-order valence-electron chi connectivity index (χ1n) is 19.8. The van der Waals surface area contributed by atoms with Gasteiger partial charge >= 0.3 is 0 Å². The second-order valence-electron chi connectivity index (χ2n) is 14.8. The van der Waals surface area contributed by atoms with E-state index in [1.807, 2.05) is 18.2 Å². The van der Waals surface area contributed by atoms with Crippen molar-refractivity contribution in [2.75, 3.05) is 0 Å². The molecule has 0 unspecified atom stereocenters. The molecule has 0 bridgehead atoms. The van der Waals surface area contributed by atoms with E-state index >= 15 is 0 Å². The summed E-state index contributed by atoms with van der Waals surface area (Å²) in [6, 6.07) is 74.0. The van der Waals surface area contributed by atoms with Gasteiger partial charge < -0.3 is 4.42 Å². The molecule has 276 valence electrons. The molecule has 59 heavy (non-hydrogen) atoms. The van der Waals surface area contributed by atoms with Gasteiger partial charge in [-0.1, -0.05) is 188 Å². The number of rotatable bonds is 7. The van der Waals surface area contributed by atoms with Crippen LogP contribution in [0.3, 0.4) is 0 Å². The fraction of sp³-hybridized carbons (Fsp3) is 0. The van der Waals surface area contributed by atoms with Crippen molar-refractivity contribution in [2.24, 2.45) is 0 Å². The topological polar surface area (TPSA) is 51.8 Å². The number of hydrogen-bond donors (Lipinski definition) is 0. The Balaban J connectivity index is 0.973. The maximum absolute atomic E-state index is 6.44. The largest absolute Gasteiger partial charge is 0.456 e. The first-order chi connectivity index (χ1) is 29.2. The van der Waals surface area contributed by atoms with Crippen LogP contribution in [0.25, 0.3) is 111 Å². The average molecular weight is 754 g/mol. The minimum absolute atomic E-state index is 0.612. The second kappa shape index (κ2) is 14.5. The van der Waals surface area contributed by atoms with Gasteiger partial charge in [0.25, 0.3) is 0 Å². The summed E-state index contributed by atoms with van der Waals surface area (Å²) in [6.07, 6.45) is 0. The highest BCUT2D eigenvalue weighted by molar-refractivity contribution is 6.13. The zero-order chi connectivity index (χ0) is 39.1. The molecule has 0 aliphatic heterocycles. The van der Waals surface area contributed by atoms with Crippen molar-refractivity contribution in [2.45, 2.75) is 0 Å². The Morgan fingerprint density at radius 1 is 0.271 bits per heavy atom. The Kier molecular flexibility index (Phi) is 8.45. The van der Waals surface area contributed by atoms with Crippen LogP contribution in [-0.4, -0.2) is 15.0 Å². The van der Waals surface area contributed by atoms with Crippen LogP contribution >= 0.6 is 0 Å². The fourth-order valence-corrected chi connectivity index (χ4v) is 8.18. The summed E-state index contributed by atoms with van der Waals surface area (Å²) in [5, 5.41) is 4.68. The molecular formula is C55H35N3O. The smallest absolute Gasteiger partial charge is 0.164 e. The SMILES string of the molecule is c1ccc(-c2cccc(-c3nc(-c4ccc(-c5ccc6c(c5)oc5cccc(-c7ccccc7)c56)cc4)nc(-c4ccc(-c5cccc6ccccc56)cc4)n3)c2)cc1. The summed E-state index contributed by atoms with van der Waals surface area (Å²) in [5.74, 6) is 1.85. The van der Waals surface area contributed by atoms with E-state index in [1.54, 1.807) is 0 Å². The first-order valence-corrected chi connectivity index (χ1v) is 19.8. The van der Waals surface area contributed by atoms with Crippen LogP contribution in [0.1, 0.15) is 0 Å². The zero-order valence-electron chi connectivity index (χ0n) is 32.0. The summed E-state index contributed by atoms with van der Waals surface area (Å²) in [5.41, 5.74) is 13.6. The Morgan fingerprint density at radius 2 is 0.746 bits per heavy atom. The molecule has 0 aliphatic carbocycles. The van der Waals surface area contributed by atoms with Crippen LogP contribution in [0.5, 0.6) is 0 Å². The van der Waals surface area contributed by atoms with Gasteiger partial charge in [-0.15, -0.1) is 0 Å². The third-order valence-electron chi connectivity index (χ3n) is 11.2. The molecule has 0 radical (unpaired) electrons. The molecule has 0 N–H and O–H groups in total. The van der Waals surface area contributed by atoms with Gasteiger partial charge in [-0.25, -0.2) is 15.0 Å². The molecular weight excluding hydrogens is 719 g/mol. The number of aromatic nitrogens is 3. The molecule has 0 fully saturated rings. The van der Waals surface area contributed by atoms with E-state index in [0.717, 1.165) is 66.4 Å². The van der Waals surface area contributed by atoms with E-state index < -0.39 is 0 Å². The van der Waals surface area contributed by atoms with Crippen LogP contribution in [0.2, 0.25) is 0 Å². The molecule has 0 spiro atoms. The maximum atomic E-state index is 6.44. The maximum Gasteiger partial charge on any atom is 0.164 e. The predicted octanol–water partition coefficient (Wildman–Crippen LogP) is 14.6. The van der Waals surface area contributed by atoms with Crippen molar-refractivity contribution in [3.8, 4) is 78.7 Å². The Labute approximate surface area is 341 Å². The molecule has 0 amide bonds. The molecule has 0 aliphatic rings. The summed E-state index contributed by atoms with van der Waals surface area (Å²) < 4.78 is 6.44. The zero-order valence-corrected chi connectivity index (χ0v) is 32.0. The van der Waals surface area contributed by atoms with Gasteiger partial charge in [0.2, 0.25) is 0 Å². The standard InChI is InChI=1S/C55H35N3O/c1-3-12-36(13-4-1)43-18-9-19-45(34-43)55-57-53(56-54(58-55)42-30-26-40(27-31-42)47-21-10-17-38-16-7-8-20-46(38)47)41-28-24-37(25-29-41)44-32-33-49-51(35-44)59-50-23-11-22-48(52(49)50)39-14-5-2-6-15-39/h1-35H. The molecule has 2 heterocycles. The highest BCUT2D eigenvalue weighted by atomic mass is 16.3. The fourth-order valence-electron chi connectivity index (χ4n) is 8.18. The lowest BCUT2D eigenvalue weighted by Gasteiger charge is -2.11. The van der Waals surface area contributed by atoms with E-state index in [9.17, 15) is 0 Å². The van der Waals surface area contributed by atoms with Gasteiger partial charge in [-0.2, -0.15) is 0 Å². The molecule has 11 aromatic rings. The van der Waals surface area contributed by atoms with Gasteiger partial charge in [0.1, 0.15) is 11.2 Å². The number of nitrogens with zero attached hydrogens (tertiary/aromatic N) is 3. The lowest BCUT2D eigenvalue weighted by Crippen LogP contribution is -2.00. The normalized spacial score (nSPS) is 11.4. The van der Waals surface area contributed by atoms with Crippen molar-refractivity contribution in [1.29, 1.82) is 0 Å².